The van der Waals surface area contributed by atoms with Gasteiger partial charge in [-0.1, -0.05) is 0 Å². The van der Waals surface area contributed by atoms with Crippen LogP contribution in [0.25, 0.3) is 21.9 Å². The first-order valence-electron chi connectivity index (χ1n) is 4.74. The van der Waals surface area contributed by atoms with Crippen LogP contribution in [0, 0.1) is 0 Å². The number of H-pyrrole nitrogens is 2. The quantitative estimate of drug-likeness (QED) is 0.500. The van der Waals surface area contributed by atoms with Gasteiger partial charge in [0.2, 0.25) is 5.95 Å². The van der Waals surface area contributed by atoms with Gasteiger partial charge in [0.05, 0.1) is 10.6 Å². The molecule has 6 N–H and O–H groups in total. The fourth-order valence-electron chi connectivity index (χ4n) is 1.54. The van der Waals surface area contributed by atoms with E-state index in [9.17, 15) is 4.79 Å². The predicted molar refractivity (Wildman–Crippen MR) is 66.6 cm³/mol. The number of nitrogen functional groups attached to an aromatic ring is 2. The molecule has 86 valence electrons. The van der Waals surface area contributed by atoms with E-state index < -0.39 is 0 Å². The normalized spacial score (nSPS) is 11.1. The van der Waals surface area contributed by atoms with Crippen LogP contribution in [0.3, 0.4) is 0 Å². The number of aromatic amines is 2. The van der Waals surface area contributed by atoms with Crippen molar-refractivity contribution in [3.05, 3.63) is 21.8 Å². The highest BCUT2D eigenvalue weighted by Gasteiger charge is 2.12. The van der Waals surface area contributed by atoms with Crippen molar-refractivity contribution in [2.45, 2.75) is 0 Å². The first kappa shape index (κ1) is 9.85. The summed E-state index contributed by atoms with van der Waals surface area (Å²) in [7, 11) is 0. The van der Waals surface area contributed by atoms with Crippen molar-refractivity contribution < 1.29 is 0 Å². The number of nitrogens with one attached hydrogen (secondary N) is 2. The second kappa shape index (κ2) is 3.32. The number of hydrogen-bond acceptors (Lipinski definition) is 6. The maximum Gasteiger partial charge on any atom is 0.278 e. The zero-order valence-corrected chi connectivity index (χ0v) is 9.34. The summed E-state index contributed by atoms with van der Waals surface area (Å²) in [6, 6.07) is 1.78. The summed E-state index contributed by atoms with van der Waals surface area (Å²) in [5.41, 5.74) is 12.1. The number of aromatic nitrogens is 4. The lowest BCUT2D eigenvalue weighted by atomic mass is 10.4. The molecule has 3 rings (SSSR count). The van der Waals surface area contributed by atoms with Crippen LogP contribution < -0.4 is 17.0 Å². The molecule has 0 aliphatic rings. The highest BCUT2D eigenvalue weighted by atomic mass is 32.1. The topological polar surface area (TPSA) is 126 Å². The Morgan fingerprint density at radius 1 is 1.24 bits per heavy atom. The van der Waals surface area contributed by atoms with Crippen LogP contribution in [0.15, 0.2) is 16.2 Å². The summed E-state index contributed by atoms with van der Waals surface area (Å²) >= 11 is 1.44. The van der Waals surface area contributed by atoms with Gasteiger partial charge in [-0.3, -0.25) is 9.78 Å². The summed E-state index contributed by atoms with van der Waals surface area (Å²) in [4.78, 5) is 25.8. The number of nitrogens with two attached hydrogens (primary N) is 2. The molecule has 0 saturated heterocycles. The molecule has 0 aliphatic heterocycles. The molecule has 0 atom stereocenters. The van der Waals surface area contributed by atoms with E-state index in [-0.39, 0.29) is 17.2 Å². The Balaban J connectivity index is 2.31. The summed E-state index contributed by atoms with van der Waals surface area (Å²) in [5, 5.41) is 1.85. The van der Waals surface area contributed by atoms with Crippen LogP contribution in [-0.4, -0.2) is 19.9 Å². The van der Waals surface area contributed by atoms with Gasteiger partial charge >= 0.3 is 0 Å². The van der Waals surface area contributed by atoms with Crippen LogP contribution >= 0.6 is 11.3 Å². The van der Waals surface area contributed by atoms with Crippen LogP contribution in [-0.2, 0) is 0 Å². The third kappa shape index (κ3) is 1.46. The molecular weight excluding hydrogens is 240 g/mol. The van der Waals surface area contributed by atoms with Gasteiger partial charge in [0.25, 0.3) is 5.56 Å². The van der Waals surface area contributed by atoms with E-state index in [1.54, 1.807) is 6.07 Å². The lowest BCUT2D eigenvalue weighted by Gasteiger charge is -1.91. The zero-order valence-electron chi connectivity index (χ0n) is 8.52. The van der Waals surface area contributed by atoms with Crippen molar-refractivity contribution in [2.75, 3.05) is 11.5 Å². The number of thiophene rings is 1. The molecule has 7 nitrogen and oxygen atoms in total. The van der Waals surface area contributed by atoms with E-state index in [0.717, 1.165) is 4.88 Å². The molecule has 3 aromatic rings. The number of anilines is 2. The third-order valence-corrected chi connectivity index (χ3v) is 3.23. The number of rotatable bonds is 1. The zero-order chi connectivity index (χ0) is 12.0. The number of hydrogen-bond donors (Lipinski definition) is 4. The van der Waals surface area contributed by atoms with E-state index in [4.69, 9.17) is 11.5 Å². The highest BCUT2D eigenvalue weighted by molar-refractivity contribution is 7.14. The minimum atomic E-state index is -0.346. The maximum absolute atomic E-state index is 11.6. The first-order valence-corrected chi connectivity index (χ1v) is 5.62. The maximum atomic E-state index is 11.6. The molecule has 0 fully saturated rings. The van der Waals surface area contributed by atoms with E-state index in [2.05, 4.69) is 19.9 Å². The largest absolute Gasteiger partial charge is 0.397 e. The minimum Gasteiger partial charge on any atom is -0.397 e. The number of nitrogens with zero attached hydrogens (tertiary/aromatic N) is 2. The van der Waals surface area contributed by atoms with Crippen molar-refractivity contribution in [1.29, 1.82) is 0 Å². The highest BCUT2D eigenvalue weighted by Crippen LogP contribution is 2.29. The van der Waals surface area contributed by atoms with Crippen LogP contribution in [0.2, 0.25) is 0 Å². The van der Waals surface area contributed by atoms with E-state index in [0.29, 0.717) is 17.0 Å². The van der Waals surface area contributed by atoms with Crippen molar-refractivity contribution in [2.24, 2.45) is 0 Å². The molecule has 0 aromatic carbocycles. The molecule has 0 saturated carbocycles. The number of fused-ring (bicyclic) bond motifs is 1. The van der Waals surface area contributed by atoms with Crippen molar-refractivity contribution in [3.63, 3.8) is 0 Å². The van der Waals surface area contributed by atoms with Gasteiger partial charge in [-0.15, -0.1) is 11.3 Å². The van der Waals surface area contributed by atoms with Gasteiger partial charge in [-0.2, -0.15) is 4.98 Å². The smallest absolute Gasteiger partial charge is 0.278 e. The lowest BCUT2D eigenvalue weighted by molar-refractivity contribution is 1.17. The monoisotopic (exact) mass is 248 g/mol. The van der Waals surface area contributed by atoms with Gasteiger partial charge in [0, 0.05) is 0 Å². The molecule has 3 heterocycles. The Morgan fingerprint density at radius 2 is 2.06 bits per heavy atom. The van der Waals surface area contributed by atoms with E-state index >= 15 is 0 Å². The lowest BCUT2D eigenvalue weighted by Crippen LogP contribution is -2.10. The molecule has 17 heavy (non-hydrogen) atoms. The van der Waals surface area contributed by atoms with Crippen molar-refractivity contribution in [1.82, 2.24) is 19.9 Å². The number of imidazole rings is 1. The SMILES string of the molecule is Nc1nc2nc(-c3sccc3N)[nH]c2c(=O)[nH]1. The van der Waals surface area contributed by atoms with Crippen LogP contribution in [0.5, 0.6) is 0 Å². The van der Waals surface area contributed by atoms with E-state index in [1.807, 2.05) is 5.38 Å². The Bertz CT molecular complexity index is 754. The molecule has 8 heteroatoms. The fourth-order valence-corrected chi connectivity index (χ4v) is 2.31. The standard InChI is InChI=1S/C9H8N6OS/c10-3-1-2-17-5(3)7-12-4-6(13-7)14-9(11)15-8(4)16/h1-2H,10H2,(H4,11,12,13,14,15,16). The Hall–Kier alpha value is -2.35. The first-order chi connectivity index (χ1) is 8.15. The average molecular weight is 248 g/mol. The Labute approximate surface area is 98.5 Å². The molecule has 0 amide bonds. The fraction of sp³-hybridized carbons (Fsp3) is 0. The summed E-state index contributed by atoms with van der Waals surface area (Å²) in [6.45, 7) is 0. The molecule has 0 spiro atoms. The second-order valence-corrected chi connectivity index (χ2v) is 4.36. The summed E-state index contributed by atoms with van der Waals surface area (Å²) < 4.78 is 0. The Kier molecular flexibility index (Phi) is 1.92. The predicted octanol–water partition coefficient (Wildman–Crippen LogP) is 0.539. The van der Waals surface area contributed by atoms with Gasteiger partial charge in [-0.05, 0) is 11.4 Å². The van der Waals surface area contributed by atoms with Crippen molar-refractivity contribution in [3.8, 4) is 10.7 Å². The molecule has 0 unspecified atom stereocenters. The van der Waals surface area contributed by atoms with Crippen molar-refractivity contribution >= 4 is 34.1 Å². The molecular formula is C9H8N6OS. The second-order valence-electron chi connectivity index (χ2n) is 3.44. The Morgan fingerprint density at radius 3 is 2.76 bits per heavy atom. The third-order valence-electron chi connectivity index (χ3n) is 2.29. The van der Waals surface area contributed by atoms with Crippen LogP contribution in [0.4, 0.5) is 11.6 Å². The van der Waals surface area contributed by atoms with Gasteiger partial charge < -0.3 is 16.5 Å². The van der Waals surface area contributed by atoms with Gasteiger partial charge in [0.1, 0.15) is 0 Å². The van der Waals surface area contributed by atoms with Gasteiger partial charge in [0.15, 0.2) is 17.0 Å². The van der Waals surface area contributed by atoms with E-state index in [1.165, 1.54) is 11.3 Å². The summed E-state index contributed by atoms with van der Waals surface area (Å²) in [6.07, 6.45) is 0. The molecule has 0 bridgehead atoms. The molecule has 0 radical (unpaired) electrons. The minimum absolute atomic E-state index is 0.0414. The molecule has 3 aromatic heterocycles. The van der Waals surface area contributed by atoms with Gasteiger partial charge in [-0.25, -0.2) is 4.98 Å². The van der Waals surface area contributed by atoms with Crippen LogP contribution in [0.1, 0.15) is 0 Å². The summed E-state index contributed by atoms with van der Waals surface area (Å²) in [5.74, 6) is 0.566. The molecule has 0 aliphatic carbocycles. The average Bonchev–Trinajstić information content (AvgIpc) is 2.83.